The topological polar surface area (TPSA) is 49.3 Å². The SMILES string of the molecule is CC[C@]1(c2cccc(O)c2)CCCCNC1=O. The summed E-state index contributed by atoms with van der Waals surface area (Å²) in [5, 5.41) is 12.6. The predicted molar refractivity (Wildman–Crippen MR) is 66.9 cm³/mol. The number of rotatable bonds is 2. The van der Waals surface area contributed by atoms with E-state index in [4.69, 9.17) is 0 Å². The number of benzene rings is 1. The normalized spacial score (nSPS) is 25.1. The number of carbonyl (C=O) groups excluding carboxylic acids is 1. The van der Waals surface area contributed by atoms with Crippen LogP contribution >= 0.6 is 0 Å². The second-order valence-electron chi connectivity index (χ2n) is 4.70. The number of aromatic hydroxyl groups is 1. The molecular weight excluding hydrogens is 214 g/mol. The molecule has 0 saturated carbocycles. The van der Waals surface area contributed by atoms with Crippen LogP contribution in [-0.2, 0) is 10.2 Å². The van der Waals surface area contributed by atoms with Crippen molar-refractivity contribution in [1.82, 2.24) is 5.32 Å². The van der Waals surface area contributed by atoms with Gasteiger partial charge in [-0.25, -0.2) is 0 Å². The van der Waals surface area contributed by atoms with E-state index in [9.17, 15) is 9.90 Å². The first-order valence-corrected chi connectivity index (χ1v) is 6.27. The Morgan fingerprint density at radius 1 is 1.41 bits per heavy atom. The zero-order valence-electron chi connectivity index (χ0n) is 10.2. The number of hydrogen-bond acceptors (Lipinski definition) is 2. The van der Waals surface area contributed by atoms with Crippen molar-refractivity contribution in [1.29, 1.82) is 0 Å². The van der Waals surface area contributed by atoms with Gasteiger partial charge in [0, 0.05) is 6.54 Å². The standard InChI is InChI=1S/C14H19NO2/c1-2-14(8-3-4-9-15-13(14)17)11-6-5-7-12(16)10-11/h5-7,10,16H,2-4,8-9H2,1H3,(H,15,17)/t14-/m1/s1. The summed E-state index contributed by atoms with van der Waals surface area (Å²) in [6.45, 7) is 2.80. The summed E-state index contributed by atoms with van der Waals surface area (Å²) in [6.07, 6.45) is 3.70. The summed E-state index contributed by atoms with van der Waals surface area (Å²) >= 11 is 0. The van der Waals surface area contributed by atoms with Gasteiger partial charge in [-0.1, -0.05) is 25.5 Å². The largest absolute Gasteiger partial charge is 0.508 e. The monoisotopic (exact) mass is 233 g/mol. The highest BCUT2D eigenvalue weighted by Gasteiger charge is 2.39. The fourth-order valence-corrected chi connectivity index (χ4v) is 2.66. The smallest absolute Gasteiger partial charge is 0.230 e. The van der Waals surface area contributed by atoms with Crippen LogP contribution in [0.1, 0.15) is 38.2 Å². The molecule has 0 aromatic heterocycles. The van der Waals surface area contributed by atoms with Gasteiger partial charge in [-0.15, -0.1) is 0 Å². The first-order valence-electron chi connectivity index (χ1n) is 6.27. The summed E-state index contributed by atoms with van der Waals surface area (Å²) in [5.74, 6) is 0.329. The van der Waals surface area contributed by atoms with Crippen molar-refractivity contribution in [2.24, 2.45) is 0 Å². The molecule has 3 nitrogen and oxygen atoms in total. The van der Waals surface area contributed by atoms with E-state index in [0.717, 1.165) is 37.8 Å². The number of carbonyl (C=O) groups is 1. The van der Waals surface area contributed by atoms with Gasteiger partial charge in [0.25, 0.3) is 0 Å². The first kappa shape index (κ1) is 12.0. The van der Waals surface area contributed by atoms with Gasteiger partial charge in [0.15, 0.2) is 0 Å². The van der Waals surface area contributed by atoms with Crippen LogP contribution in [0.4, 0.5) is 0 Å². The number of phenolic OH excluding ortho intramolecular Hbond substituents is 1. The van der Waals surface area contributed by atoms with E-state index in [0.29, 0.717) is 0 Å². The van der Waals surface area contributed by atoms with E-state index < -0.39 is 5.41 Å². The molecule has 3 heteroatoms. The van der Waals surface area contributed by atoms with Crippen LogP contribution in [0.15, 0.2) is 24.3 Å². The van der Waals surface area contributed by atoms with Crippen molar-refractivity contribution in [3.8, 4) is 5.75 Å². The van der Waals surface area contributed by atoms with Crippen molar-refractivity contribution in [3.05, 3.63) is 29.8 Å². The van der Waals surface area contributed by atoms with E-state index in [2.05, 4.69) is 5.32 Å². The van der Waals surface area contributed by atoms with Gasteiger partial charge in [-0.2, -0.15) is 0 Å². The Hall–Kier alpha value is -1.51. The van der Waals surface area contributed by atoms with Crippen molar-refractivity contribution in [2.75, 3.05) is 6.54 Å². The minimum Gasteiger partial charge on any atom is -0.508 e. The van der Waals surface area contributed by atoms with Crippen LogP contribution in [0, 0.1) is 0 Å². The first-order chi connectivity index (χ1) is 8.19. The van der Waals surface area contributed by atoms with Crippen molar-refractivity contribution < 1.29 is 9.90 Å². The molecule has 2 N–H and O–H groups in total. The van der Waals surface area contributed by atoms with Crippen molar-refractivity contribution in [2.45, 2.75) is 38.0 Å². The average molecular weight is 233 g/mol. The van der Waals surface area contributed by atoms with Crippen LogP contribution in [0.3, 0.4) is 0 Å². The molecule has 17 heavy (non-hydrogen) atoms. The highest BCUT2D eigenvalue weighted by Crippen LogP contribution is 2.36. The molecule has 1 heterocycles. The Morgan fingerprint density at radius 3 is 2.94 bits per heavy atom. The summed E-state index contributed by atoms with van der Waals surface area (Å²) in [5.41, 5.74) is 0.467. The van der Waals surface area contributed by atoms with E-state index in [1.54, 1.807) is 18.2 Å². The summed E-state index contributed by atoms with van der Waals surface area (Å²) < 4.78 is 0. The molecular formula is C14H19NO2. The molecule has 92 valence electrons. The predicted octanol–water partition coefficient (Wildman–Crippen LogP) is 2.34. The Balaban J connectivity index is 2.44. The van der Waals surface area contributed by atoms with Gasteiger partial charge >= 0.3 is 0 Å². The fourth-order valence-electron chi connectivity index (χ4n) is 2.66. The highest BCUT2D eigenvalue weighted by atomic mass is 16.3. The third-order valence-electron chi connectivity index (χ3n) is 3.75. The molecule has 0 bridgehead atoms. The quantitative estimate of drug-likeness (QED) is 0.823. The molecule has 1 fully saturated rings. The van der Waals surface area contributed by atoms with Crippen LogP contribution in [0.2, 0.25) is 0 Å². The minimum absolute atomic E-state index is 0.100. The Bertz CT molecular complexity index is 416. The molecule has 0 aliphatic carbocycles. The fraction of sp³-hybridized carbons (Fsp3) is 0.500. The number of hydrogen-bond donors (Lipinski definition) is 2. The van der Waals surface area contributed by atoms with Gasteiger partial charge in [0.1, 0.15) is 5.75 Å². The molecule has 1 aromatic carbocycles. The van der Waals surface area contributed by atoms with Gasteiger partial charge in [-0.05, 0) is 37.0 Å². The summed E-state index contributed by atoms with van der Waals surface area (Å²) in [6, 6.07) is 7.10. The van der Waals surface area contributed by atoms with Crippen LogP contribution < -0.4 is 5.32 Å². The van der Waals surface area contributed by atoms with Crippen LogP contribution in [0.25, 0.3) is 0 Å². The Kier molecular flexibility index (Phi) is 3.36. The Labute approximate surface area is 102 Å². The highest BCUT2D eigenvalue weighted by molar-refractivity contribution is 5.88. The number of nitrogens with one attached hydrogen (secondary N) is 1. The average Bonchev–Trinajstić information content (AvgIpc) is 2.52. The van der Waals surface area contributed by atoms with E-state index in [-0.39, 0.29) is 11.7 Å². The van der Waals surface area contributed by atoms with E-state index in [1.165, 1.54) is 0 Å². The minimum atomic E-state index is -0.463. The van der Waals surface area contributed by atoms with Gasteiger partial charge in [0.2, 0.25) is 5.91 Å². The van der Waals surface area contributed by atoms with Gasteiger partial charge in [-0.3, -0.25) is 4.79 Å². The zero-order chi connectivity index (χ0) is 12.3. The van der Waals surface area contributed by atoms with Crippen molar-refractivity contribution in [3.63, 3.8) is 0 Å². The molecule has 1 aliphatic heterocycles. The second kappa shape index (κ2) is 4.78. The zero-order valence-corrected chi connectivity index (χ0v) is 10.2. The summed E-state index contributed by atoms with van der Waals surface area (Å²) in [4.78, 5) is 12.3. The molecule has 1 saturated heterocycles. The molecule has 1 aliphatic rings. The number of amides is 1. The maximum atomic E-state index is 12.3. The van der Waals surface area contributed by atoms with E-state index in [1.807, 2.05) is 13.0 Å². The maximum absolute atomic E-state index is 12.3. The lowest BCUT2D eigenvalue weighted by Gasteiger charge is -2.30. The molecule has 1 amide bonds. The lowest BCUT2D eigenvalue weighted by molar-refractivity contribution is -0.126. The molecule has 0 spiro atoms. The third kappa shape index (κ3) is 2.14. The van der Waals surface area contributed by atoms with Crippen LogP contribution in [0.5, 0.6) is 5.75 Å². The van der Waals surface area contributed by atoms with E-state index >= 15 is 0 Å². The van der Waals surface area contributed by atoms with Gasteiger partial charge in [0.05, 0.1) is 5.41 Å². The molecule has 0 radical (unpaired) electrons. The lowest BCUT2D eigenvalue weighted by Crippen LogP contribution is -2.42. The van der Waals surface area contributed by atoms with Crippen molar-refractivity contribution >= 4 is 5.91 Å². The molecule has 0 unspecified atom stereocenters. The molecule has 2 rings (SSSR count). The molecule has 1 aromatic rings. The third-order valence-corrected chi connectivity index (χ3v) is 3.75. The maximum Gasteiger partial charge on any atom is 0.230 e. The van der Waals surface area contributed by atoms with Gasteiger partial charge < -0.3 is 10.4 Å². The lowest BCUT2D eigenvalue weighted by atomic mass is 9.74. The Morgan fingerprint density at radius 2 is 2.24 bits per heavy atom. The second-order valence-corrected chi connectivity index (χ2v) is 4.70. The molecule has 1 atom stereocenters. The van der Waals surface area contributed by atoms with Crippen LogP contribution in [-0.4, -0.2) is 17.6 Å². The number of phenols is 1. The summed E-state index contributed by atoms with van der Waals surface area (Å²) in [7, 11) is 0.